The summed E-state index contributed by atoms with van der Waals surface area (Å²) in [4.78, 5) is 26.0. The molecule has 6 nitrogen and oxygen atoms in total. The van der Waals surface area contributed by atoms with Crippen LogP contribution < -0.4 is 10.6 Å². The minimum atomic E-state index is -0.313. The van der Waals surface area contributed by atoms with E-state index in [0.717, 1.165) is 18.8 Å². The van der Waals surface area contributed by atoms with Crippen molar-refractivity contribution in [3.05, 3.63) is 30.3 Å². The molecule has 0 spiro atoms. The fourth-order valence-electron chi connectivity index (χ4n) is 2.77. The molecule has 23 heavy (non-hydrogen) atoms. The lowest BCUT2D eigenvalue weighted by Crippen LogP contribution is -2.47. The van der Waals surface area contributed by atoms with Crippen molar-refractivity contribution >= 4 is 17.7 Å². The van der Waals surface area contributed by atoms with E-state index in [1.807, 2.05) is 30.3 Å². The van der Waals surface area contributed by atoms with Gasteiger partial charge in [0.15, 0.2) is 0 Å². The number of ether oxygens (including phenoxy) is 1. The van der Waals surface area contributed by atoms with Crippen LogP contribution >= 0.6 is 0 Å². The highest BCUT2D eigenvalue weighted by atomic mass is 16.5. The number of urea groups is 1. The van der Waals surface area contributed by atoms with Crippen molar-refractivity contribution in [1.29, 1.82) is 0 Å². The van der Waals surface area contributed by atoms with E-state index in [-0.39, 0.29) is 24.5 Å². The number of carbonyl (C=O) groups excluding carboxylic acids is 2. The largest absolute Gasteiger partial charge is 0.469 e. The van der Waals surface area contributed by atoms with Crippen molar-refractivity contribution < 1.29 is 14.3 Å². The van der Waals surface area contributed by atoms with Gasteiger partial charge in [-0.1, -0.05) is 24.6 Å². The van der Waals surface area contributed by atoms with Gasteiger partial charge in [-0.05, 0) is 38.1 Å². The Bertz CT molecular complexity index is 501. The molecule has 0 radical (unpaired) electrons. The minimum absolute atomic E-state index is 0.176. The van der Waals surface area contributed by atoms with Crippen LogP contribution in [0.5, 0.6) is 0 Å². The molecule has 0 aliphatic carbocycles. The number of esters is 1. The Morgan fingerprint density at radius 1 is 1.17 bits per heavy atom. The van der Waals surface area contributed by atoms with Gasteiger partial charge < -0.3 is 20.3 Å². The van der Waals surface area contributed by atoms with Crippen LogP contribution in [0, 0.1) is 0 Å². The van der Waals surface area contributed by atoms with Crippen LogP contribution in [0.15, 0.2) is 30.3 Å². The highest BCUT2D eigenvalue weighted by molar-refractivity contribution is 5.89. The van der Waals surface area contributed by atoms with Crippen LogP contribution in [0.1, 0.15) is 25.7 Å². The van der Waals surface area contributed by atoms with Crippen molar-refractivity contribution in [3.63, 3.8) is 0 Å². The molecule has 1 heterocycles. The van der Waals surface area contributed by atoms with Crippen LogP contribution in [0.25, 0.3) is 0 Å². The molecule has 0 aromatic heterocycles. The number of para-hydroxylation sites is 1. The number of anilines is 1. The average molecular weight is 319 g/mol. The summed E-state index contributed by atoms with van der Waals surface area (Å²) in [6.07, 6.45) is 3.76. The monoisotopic (exact) mass is 319 g/mol. The first-order chi connectivity index (χ1) is 11.2. The van der Waals surface area contributed by atoms with Gasteiger partial charge in [-0.3, -0.25) is 4.79 Å². The van der Waals surface area contributed by atoms with E-state index in [0.29, 0.717) is 6.54 Å². The number of rotatable bonds is 6. The van der Waals surface area contributed by atoms with E-state index in [1.54, 1.807) is 0 Å². The van der Waals surface area contributed by atoms with Gasteiger partial charge >= 0.3 is 12.0 Å². The number of benzene rings is 1. The van der Waals surface area contributed by atoms with Gasteiger partial charge in [0, 0.05) is 12.2 Å². The Morgan fingerprint density at radius 2 is 1.87 bits per heavy atom. The van der Waals surface area contributed by atoms with Crippen molar-refractivity contribution in [2.45, 2.75) is 31.7 Å². The number of carbonyl (C=O) groups is 2. The number of piperidine rings is 1. The Labute approximate surface area is 137 Å². The first-order valence-electron chi connectivity index (χ1n) is 8.09. The topological polar surface area (TPSA) is 70.7 Å². The summed E-state index contributed by atoms with van der Waals surface area (Å²) >= 11 is 0. The molecule has 0 saturated carbocycles. The van der Waals surface area contributed by atoms with Gasteiger partial charge in [-0.25, -0.2) is 4.79 Å². The zero-order valence-electron chi connectivity index (χ0n) is 13.6. The fourth-order valence-corrected chi connectivity index (χ4v) is 2.77. The molecule has 1 saturated heterocycles. The van der Waals surface area contributed by atoms with Crippen LogP contribution in [0.2, 0.25) is 0 Å². The average Bonchev–Trinajstić information content (AvgIpc) is 2.56. The zero-order valence-corrected chi connectivity index (χ0v) is 13.6. The van der Waals surface area contributed by atoms with Gasteiger partial charge in [0.25, 0.3) is 0 Å². The molecule has 2 amide bonds. The van der Waals surface area contributed by atoms with E-state index in [4.69, 9.17) is 4.74 Å². The molecule has 126 valence electrons. The van der Waals surface area contributed by atoms with Crippen LogP contribution in [0.3, 0.4) is 0 Å². The maximum atomic E-state index is 12.1. The normalized spacial score (nSPS) is 16.4. The highest BCUT2D eigenvalue weighted by Gasteiger charge is 2.21. The minimum Gasteiger partial charge on any atom is -0.469 e. The van der Waals surface area contributed by atoms with E-state index >= 15 is 0 Å². The summed E-state index contributed by atoms with van der Waals surface area (Å²) in [5.74, 6) is -0.313. The molecule has 2 rings (SSSR count). The second-order valence-electron chi connectivity index (χ2n) is 5.80. The third-order valence-electron chi connectivity index (χ3n) is 3.93. The Kier molecular flexibility index (Phi) is 6.87. The van der Waals surface area contributed by atoms with Crippen molar-refractivity contribution in [3.8, 4) is 0 Å². The summed E-state index contributed by atoms with van der Waals surface area (Å²) in [5, 5.41) is 5.67. The Morgan fingerprint density at radius 3 is 2.52 bits per heavy atom. The Hall–Kier alpha value is -2.08. The van der Waals surface area contributed by atoms with Gasteiger partial charge in [-0.15, -0.1) is 0 Å². The third kappa shape index (κ3) is 6.28. The Balaban J connectivity index is 1.89. The predicted molar refractivity (Wildman–Crippen MR) is 89.3 cm³/mol. The second-order valence-corrected chi connectivity index (χ2v) is 5.80. The summed E-state index contributed by atoms with van der Waals surface area (Å²) in [6.45, 7) is 2.69. The maximum absolute atomic E-state index is 12.1. The molecule has 1 aromatic rings. The summed E-state index contributed by atoms with van der Waals surface area (Å²) in [6, 6.07) is 8.68. The SMILES string of the molecule is COC(=O)CC(CN1CCCCC1)NC(=O)Nc1ccccc1. The lowest BCUT2D eigenvalue weighted by Gasteiger charge is -2.30. The number of amides is 2. The second kappa shape index (κ2) is 9.15. The number of nitrogens with zero attached hydrogens (tertiary/aromatic N) is 1. The number of methoxy groups -OCH3 is 1. The molecule has 1 aliphatic rings. The van der Waals surface area contributed by atoms with E-state index in [2.05, 4.69) is 15.5 Å². The molecule has 6 heteroatoms. The summed E-state index contributed by atoms with van der Waals surface area (Å²) in [7, 11) is 1.37. The lowest BCUT2D eigenvalue weighted by atomic mass is 10.1. The van der Waals surface area contributed by atoms with Crippen LogP contribution in [0.4, 0.5) is 10.5 Å². The maximum Gasteiger partial charge on any atom is 0.319 e. The molecule has 2 N–H and O–H groups in total. The van der Waals surface area contributed by atoms with E-state index < -0.39 is 0 Å². The van der Waals surface area contributed by atoms with Crippen LogP contribution in [-0.2, 0) is 9.53 Å². The summed E-state index contributed by atoms with van der Waals surface area (Å²) in [5.41, 5.74) is 0.722. The number of hydrogen-bond acceptors (Lipinski definition) is 4. The lowest BCUT2D eigenvalue weighted by molar-refractivity contribution is -0.141. The van der Waals surface area contributed by atoms with Gasteiger partial charge in [0.05, 0.1) is 19.6 Å². The van der Waals surface area contributed by atoms with E-state index in [9.17, 15) is 9.59 Å². The molecule has 0 bridgehead atoms. The standard InChI is InChI=1S/C17H25N3O3/c1-23-16(21)12-15(13-20-10-6-3-7-11-20)19-17(22)18-14-8-4-2-5-9-14/h2,4-5,8-9,15H,3,6-7,10-13H2,1H3,(H2,18,19,22). The molecule has 1 aromatic carbocycles. The zero-order chi connectivity index (χ0) is 16.5. The molecular formula is C17H25N3O3. The van der Waals surface area contributed by atoms with Crippen molar-refractivity contribution in [2.24, 2.45) is 0 Å². The first kappa shape index (κ1) is 17.3. The molecular weight excluding hydrogens is 294 g/mol. The van der Waals surface area contributed by atoms with Gasteiger partial charge in [0.1, 0.15) is 0 Å². The van der Waals surface area contributed by atoms with Crippen LogP contribution in [-0.4, -0.2) is 49.7 Å². The summed E-state index contributed by atoms with van der Waals surface area (Å²) < 4.78 is 4.74. The molecule has 1 aliphatic heterocycles. The first-order valence-corrected chi connectivity index (χ1v) is 8.09. The number of hydrogen-bond donors (Lipinski definition) is 2. The number of nitrogens with one attached hydrogen (secondary N) is 2. The smallest absolute Gasteiger partial charge is 0.319 e. The molecule has 1 fully saturated rings. The van der Waals surface area contributed by atoms with Gasteiger partial charge in [-0.2, -0.15) is 0 Å². The fraction of sp³-hybridized carbons (Fsp3) is 0.529. The van der Waals surface area contributed by atoms with Gasteiger partial charge in [0.2, 0.25) is 0 Å². The number of likely N-dealkylation sites (tertiary alicyclic amines) is 1. The highest BCUT2D eigenvalue weighted by Crippen LogP contribution is 2.11. The van der Waals surface area contributed by atoms with Crippen molar-refractivity contribution in [2.75, 3.05) is 32.1 Å². The predicted octanol–water partition coefficient (Wildman–Crippen LogP) is 2.23. The van der Waals surface area contributed by atoms with E-state index in [1.165, 1.54) is 26.4 Å². The molecule has 1 unspecified atom stereocenters. The molecule has 1 atom stereocenters. The van der Waals surface area contributed by atoms with Crippen molar-refractivity contribution in [1.82, 2.24) is 10.2 Å². The third-order valence-corrected chi connectivity index (χ3v) is 3.93. The quantitative estimate of drug-likeness (QED) is 0.789.